The van der Waals surface area contributed by atoms with Crippen molar-refractivity contribution in [1.82, 2.24) is 15.1 Å². The van der Waals surface area contributed by atoms with Crippen LogP contribution in [0, 0.1) is 0 Å². The highest BCUT2D eigenvalue weighted by molar-refractivity contribution is 6.38. The van der Waals surface area contributed by atoms with Gasteiger partial charge >= 0.3 is 17.8 Å². The van der Waals surface area contributed by atoms with Gasteiger partial charge in [0, 0.05) is 25.0 Å². The van der Waals surface area contributed by atoms with Crippen molar-refractivity contribution in [3.63, 3.8) is 0 Å². The lowest BCUT2D eigenvalue weighted by Gasteiger charge is -2.32. The molecule has 2 aromatic rings. The van der Waals surface area contributed by atoms with E-state index < -0.39 is 23.4 Å². The first-order chi connectivity index (χ1) is 12.3. The second-order valence-corrected chi connectivity index (χ2v) is 6.42. The van der Waals surface area contributed by atoms with Crippen molar-refractivity contribution < 1.29 is 23.9 Å². The molecule has 26 heavy (non-hydrogen) atoms. The standard InChI is InChI=1S/C18H21N3O5/c1-3-20-8-9-21(16(23)15(20)22)17(24)19-11-18(2,25)14-10-12-6-4-5-7-13(12)26-14/h4-7,10,25H,3,8-9,11H2,1-2H3,(H,19,24). The molecule has 2 N–H and O–H groups in total. The van der Waals surface area contributed by atoms with Crippen molar-refractivity contribution in [3.8, 4) is 0 Å². The maximum Gasteiger partial charge on any atom is 0.324 e. The number of para-hydroxylation sites is 1. The van der Waals surface area contributed by atoms with E-state index in [0.29, 0.717) is 24.4 Å². The molecule has 138 valence electrons. The molecule has 1 atom stereocenters. The van der Waals surface area contributed by atoms with Gasteiger partial charge in [-0.1, -0.05) is 18.2 Å². The SMILES string of the molecule is CCN1CCN(C(=O)NCC(C)(O)c2cc3ccccc3o2)C(=O)C1=O. The van der Waals surface area contributed by atoms with Gasteiger partial charge in [0.2, 0.25) is 0 Å². The summed E-state index contributed by atoms with van der Waals surface area (Å²) in [5, 5.41) is 14.0. The summed E-state index contributed by atoms with van der Waals surface area (Å²) in [6.07, 6.45) is 0. The first kappa shape index (κ1) is 17.9. The highest BCUT2D eigenvalue weighted by atomic mass is 16.4. The lowest BCUT2D eigenvalue weighted by atomic mass is 10.0. The van der Waals surface area contributed by atoms with Crippen molar-refractivity contribution >= 4 is 28.8 Å². The zero-order valence-electron chi connectivity index (χ0n) is 14.7. The van der Waals surface area contributed by atoms with Crippen LogP contribution in [-0.2, 0) is 15.2 Å². The fraction of sp³-hybridized carbons (Fsp3) is 0.389. The Balaban J connectivity index is 1.66. The minimum atomic E-state index is -1.47. The van der Waals surface area contributed by atoms with Crippen molar-refractivity contribution in [2.75, 3.05) is 26.2 Å². The number of benzene rings is 1. The van der Waals surface area contributed by atoms with Crippen molar-refractivity contribution in [2.45, 2.75) is 19.4 Å². The average Bonchev–Trinajstić information content (AvgIpc) is 3.07. The van der Waals surface area contributed by atoms with Crippen LogP contribution in [0.2, 0.25) is 0 Å². The summed E-state index contributed by atoms with van der Waals surface area (Å²) in [5.41, 5.74) is -0.835. The van der Waals surface area contributed by atoms with E-state index in [9.17, 15) is 19.5 Å². The molecule has 3 rings (SSSR count). The molecule has 0 radical (unpaired) electrons. The van der Waals surface area contributed by atoms with E-state index in [1.165, 1.54) is 11.8 Å². The maximum atomic E-state index is 12.3. The van der Waals surface area contributed by atoms with Crippen LogP contribution in [-0.4, -0.2) is 58.9 Å². The Kier molecular flexibility index (Phi) is 4.69. The topological polar surface area (TPSA) is 103 Å². The molecule has 4 amide bonds. The van der Waals surface area contributed by atoms with E-state index >= 15 is 0 Å². The Bertz CT molecular complexity index is 824. The van der Waals surface area contributed by atoms with Crippen LogP contribution in [0.4, 0.5) is 4.79 Å². The summed E-state index contributed by atoms with van der Waals surface area (Å²) >= 11 is 0. The summed E-state index contributed by atoms with van der Waals surface area (Å²) in [5.74, 6) is -1.26. The Hall–Kier alpha value is -2.87. The van der Waals surface area contributed by atoms with Gasteiger partial charge in [0.25, 0.3) is 0 Å². The highest BCUT2D eigenvalue weighted by Crippen LogP contribution is 2.27. The van der Waals surface area contributed by atoms with Crippen molar-refractivity contribution in [3.05, 3.63) is 36.1 Å². The molecule has 1 aromatic heterocycles. The molecule has 1 aliphatic heterocycles. The predicted molar refractivity (Wildman–Crippen MR) is 93.2 cm³/mol. The predicted octanol–water partition coefficient (Wildman–Crippen LogP) is 1.04. The molecular formula is C18H21N3O5. The number of nitrogens with zero attached hydrogens (tertiary/aromatic N) is 2. The number of fused-ring (bicyclic) bond motifs is 1. The molecule has 8 nitrogen and oxygen atoms in total. The number of carbonyl (C=O) groups is 3. The molecule has 2 heterocycles. The number of amides is 4. The summed E-state index contributed by atoms with van der Waals surface area (Å²) in [6.45, 7) is 3.95. The number of rotatable bonds is 4. The van der Waals surface area contributed by atoms with Gasteiger partial charge in [0.15, 0.2) is 0 Å². The molecule has 1 fully saturated rings. The van der Waals surface area contributed by atoms with Crippen LogP contribution in [0.25, 0.3) is 11.0 Å². The summed E-state index contributed by atoms with van der Waals surface area (Å²) in [7, 11) is 0. The molecule has 8 heteroatoms. The van der Waals surface area contributed by atoms with Crippen molar-refractivity contribution in [2.24, 2.45) is 0 Å². The molecule has 1 aromatic carbocycles. The second kappa shape index (κ2) is 6.80. The van der Waals surface area contributed by atoms with Gasteiger partial charge in [-0.25, -0.2) is 4.79 Å². The largest absolute Gasteiger partial charge is 0.458 e. The Labute approximate surface area is 150 Å². The number of aliphatic hydroxyl groups is 1. The lowest BCUT2D eigenvalue weighted by molar-refractivity contribution is -0.153. The molecule has 0 saturated carbocycles. The van der Waals surface area contributed by atoms with Gasteiger partial charge < -0.3 is 19.7 Å². The fourth-order valence-electron chi connectivity index (χ4n) is 2.85. The van der Waals surface area contributed by atoms with E-state index in [2.05, 4.69) is 5.32 Å². The van der Waals surface area contributed by atoms with Gasteiger partial charge in [-0.05, 0) is 26.0 Å². The Morgan fingerprint density at radius 3 is 2.69 bits per heavy atom. The molecule has 1 aliphatic rings. The van der Waals surface area contributed by atoms with Crippen LogP contribution in [0.3, 0.4) is 0 Å². The minimum absolute atomic E-state index is 0.122. The van der Waals surface area contributed by atoms with Gasteiger partial charge in [0.05, 0.1) is 6.54 Å². The molecule has 1 unspecified atom stereocenters. The number of urea groups is 1. The van der Waals surface area contributed by atoms with Gasteiger partial charge in [-0.3, -0.25) is 14.5 Å². The Morgan fingerprint density at radius 1 is 1.27 bits per heavy atom. The van der Waals surface area contributed by atoms with Crippen LogP contribution in [0.1, 0.15) is 19.6 Å². The van der Waals surface area contributed by atoms with E-state index in [1.54, 1.807) is 19.1 Å². The summed E-state index contributed by atoms with van der Waals surface area (Å²) in [4.78, 5) is 38.5. The van der Waals surface area contributed by atoms with E-state index in [1.807, 2.05) is 18.2 Å². The second-order valence-electron chi connectivity index (χ2n) is 6.42. The maximum absolute atomic E-state index is 12.3. The smallest absolute Gasteiger partial charge is 0.324 e. The van der Waals surface area contributed by atoms with Crippen LogP contribution >= 0.6 is 0 Å². The van der Waals surface area contributed by atoms with Crippen molar-refractivity contribution in [1.29, 1.82) is 0 Å². The van der Waals surface area contributed by atoms with E-state index in [0.717, 1.165) is 10.3 Å². The molecule has 0 aliphatic carbocycles. The van der Waals surface area contributed by atoms with E-state index in [4.69, 9.17) is 4.42 Å². The third-order valence-corrected chi connectivity index (χ3v) is 4.48. The van der Waals surface area contributed by atoms with Crippen LogP contribution in [0.5, 0.6) is 0 Å². The number of carbonyl (C=O) groups excluding carboxylic acids is 3. The lowest BCUT2D eigenvalue weighted by Crippen LogP contribution is -2.58. The zero-order chi connectivity index (χ0) is 18.9. The van der Waals surface area contributed by atoms with Crippen LogP contribution < -0.4 is 5.32 Å². The van der Waals surface area contributed by atoms with Gasteiger partial charge in [-0.2, -0.15) is 0 Å². The number of hydrogen-bond donors (Lipinski definition) is 2. The Morgan fingerprint density at radius 2 is 2.00 bits per heavy atom. The van der Waals surface area contributed by atoms with Crippen LogP contribution in [0.15, 0.2) is 34.7 Å². The minimum Gasteiger partial charge on any atom is -0.458 e. The average molecular weight is 359 g/mol. The number of likely N-dealkylation sites (N-methyl/N-ethyl adjacent to an activating group) is 1. The molecular weight excluding hydrogens is 338 g/mol. The third kappa shape index (κ3) is 3.28. The normalized spacial score (nSPS) is 17.5. The molecule has 0 spiro atoms. The number of hydrogen-bond acceptors (Lipinski definition) is 5. The zero-order valence-corrected chi connectivity index (χ0v) is 14.7. The number of imide groups is 1. The van der Waals surface area contributed by atoms with Gasteiger partial charge in [-0.15, -0.1) is 0 Å². The monoisotopic (exact) mass is 359 g/mol. The van der Waals surface area contributed by atoms with Gasteiger partial charge in [0.1, 0.15) is 16.9 Å². The highest BCUT2D eigenvalue weighted by Gasteiger charge is 2.36. The first-order valence-corrected chi connectivity index (χ1v) is 8.43. The molecule has 0 bridgehead atoms. The molecule has 1 saturated heterocycles. The summed E-state index contributed by atoms with van der Waals surface area (Å²) in [6, 6.07) is 8.31. The number of furan rings is 1. The number of nitrogens with one attached hydrogen (secondary N) is 1. The van der Waals surface area contributed by atoms with E-state index in [-0.39, 0.29) is 13.1 Å². The quantitative estimate of drug-likeness (QED) is 0.794. The fourth-order valence-corrected chi connectivity index (χ4v) is 2.85. The third-order valence-electron chi connectivity index (χ3n) is 4.48. The first-order valence-electron chi connectivity index (χ1n) is 8.43. The summed E-state index contributed by atoms with van der Waals surface area (Å²) < 4.78 is 5.63. The number of piperazine rings is 1.